The molecule has 1 heterocycles. The number of halogens is 2. The summed E-state index contributed by atoms with van der Waals surface area (Å²) in [6, 6.07) is 3.34. The van der Waals surface area contributed by atoms with Crippen LogP contribution in [0.25, 0.3) is 0 Å². The minimum Gasteiger partial charge on any atom is -0.387 e. The number of hydrogen-bond acceptors (Lipinski definition) is 2. The van der Waals surface area contributed by atoms with Gasteiger partial charge in [0.05, 0.1) is 0 Å². The van der Waals surface area contributed by atoms with Gasteiger partial charge in [0, 0.05) is 25.0 Å². The van der Waals surface area contributed by atoms with Gasteiger partial charge in [0.25, 0.3) is 0 Å². The van der Waals surface area contributed by atoms with Crippen LogP contribution in [-0.4, -0.2) is 14.5 Å². The lowest BCUT2D eigenvalue weighted by Crippen LogP contribution is -2.17. The van der Waals surface area contributed by atoms with Crippen LogP contribution in [-0.2, 0) is 6.54 Å². The first-order valence-electron chi connectivity index (χ1n) is 4.82. The van der Waals surface area contributed by atoms with Crippen LogP contribution in [0.3, 0.4) is 0 Å². The largest absolute Gasteiger partial charge is 0.387 e. The normalized spacial score (nSPS) is 10.5. The molecular weight excluding hydrogens is 244 g/mol. The molecule has 17 heavy (non-hydrogen) atoms. The highest BCUT2D eigenvalue weighted by atomic mass is 32.1. The van der Waals surface area contributed by atoms with Crippen molar-refractivity contribution in [2.24, 2.45) is 5.73 Å². The molecular formula is C11H9F2N3S. The number of thiocarbonyl (C=S) groups is 1. The van der Waals surface area contributed by atoms with Gasteiger partial charge in [0.1, 0.15) is 16.6 Å². The van der Waals surface area contributed by atoms with E-state index in [0.717, 1.165) is 6.07 Å². The molecule has 0 bridgehead atoms. The van der Waals surface area contributed by atoms with Crippen LogP contribution in [0.1, 0.15) is 11.4 Å². The van der Waals surface area contributed by atoms with E-state index in [2.05, 4.69) is 4.98 Å². The molecule has 2 rings (SSSR count). The third kappa shape index (κ3) is 2.65. The third-order valence-corrected chi connectivity index (χ3v) is 2.39. The second kappa shape index (κ2) is 4.58. The van der Waals surface area contributed by atoms with Crippen molar-refractivity contribution in [3.05, 3.63) is 53.6 Å². The molecule has 0 fully saturated rings. The minimum atomic E-state index is -0.614. The van der Waals surface area contributed by atoms with Gasteiger partial charge < -0.3 is 10.3 Å². The highest BCUT2D eigenvalue weighted by Crippen LogP contribution is 2.10. The van der Waals surface area contributed by atoms with E-state index < -0.39 is 11.6 Å². The Balaban J connectivity index is 2.31. The van der Waals surface area contributed by atoms with E-state index in [9.17, 15) is 8.78 Å². The number of aromatic nitrogens is 2. The molecule has 0 aliphatic heterocycles. The van der Waals surface area contributed by atoms with Gasteiger partial charge in [0.2, 0.25) is 0 Å². The van der Waals surface area contributed by atoms with Crippen molar-refractivity contribution in [3.8, 4) is 0 Å². The fraction of sp³-hybridized carbons (Fsp3) is 0.0909. The molecule has 0 atom stereocenters. The zero-order valence-electron chi connectivity index (χ0n) is 8.73. The van der Waals surface area contributed by atoms with Crippen molar-refractivity contribution in [1.82, 2.24) is 9.55 Å². The van der Waals surface area contributed by atoms with Crippen molar-refractivity contribution in [2.75, 3.05) is 0 Å². The first-order chi connectivity index (χ1) is 8.06. The van der Waals surface area contributed by atoms with E-state index in [4.69, 9.17) is 18.0 Å². The number of rotatable bonds is 3. The van der Waals surface area contributed by atoms with Crippen molar-refractivity contribution < 1.29 is 8.78 Å². The molecule has 1 aromatic carbocycles. The Morgan fingerprint density at radius 2 is 1.94 bits per heavy atom. The van der Waals surface area contributed by atoms with Crippen LogP contribution in [0.5, 0.6) is 0 Å². The summed E-state index contributed by atoms with van der Waals surface area (Å²) in [6.07, 6.45) is 3.18. The molecule has 2 aromatic rings. The maximum absolute atomic E-state index is 13.0. The smallest absolute Gasteiger partial charge is 0.167 e. The predicted octanol–water partition coefficient (Wildman–Crippen LogP) is 1.84. The molecule has 0 aliphatic rings. The van der Waals surface area contributed by atoms with Gasteiger partial charge in [-0.15, -0.1) is 0 Å². The van der Waals surface area contributed by atoms with Crippen LogP contribution in [0.15, 0.2) is 30.6 Å². The summed E-state index contributed by atoms with van der Waals surface area (Å²) in [5.74, 6) is -0.807. The lowest BCUT2D eigenvalue weighted by Gasteiger charge is -2.07. The van der Waals surface area contributed by atoms with Crippen LogP contribution in [0.2, 0.25) is 0 Å². The summed E-state index contributed by atoms with van der Waals surface area (Å²) in [5.41, 5.74) is 5.96. The zero-order chi connectivity index (χ0) is 12.4. The fourth-order valence-electron chi connectivity index (χ4n) is 1.56. The topological polar surface area (TPSA) is 43.8 Å². The van der Waals surface area contributed by atoms with Gasteiger partial charge in [0.15, 0.2) is 5.82 Å². The Bertz CT molecular complexity index is 545. The Morgan fingerprint density at radius 1 is 1.29 bits per heavy atom. The monoisotopic (exact) mass is 253 g/mol. The zero-order valence-corrected chi connectivity index (χ0v) is 9.55. The molecule has 0 amide bonds. The van der Waals surface area contributed by atoms with E-state index >= 15 is 0 Å². The van der Waals surface area contributed by atoms with Crippen molar-refractivity contribution >= 4 is 17.2 Å². The fourth-order valence-corrected chi connectivity index (χ4v) is 1.73. The average molecular weight is 253 g/mol. The number of hydrogen-bond donors (Lipinski definition) is 1. The Labute approximate surface area is 102 Å². The minimum absolute atomic E-state index is 0.145. The summed E-state index contributed by atoms with van der Waals surface area (Å²) >= 11 is 4.82. The molecule has 0 spiro atoms. The molecule has 6 heteroatoms. The molecule has 0 aliphatic carbocycles. The summed E-state index contributed by atoms with van der Waals surface area (Å²) in [6.45, 7) is 0.265. The van der Waals surface area contributed by atoms with Crippen molar-refractivity contribution in [3.63, 3.8) is 0 Å². The molecule has 3 nitrogen and oxygen atoms in total. The Kier molecular flexibility index (Phi) is 3.14. The lowest BCUT2D eigenvalue weighted by atomic mass is 10.2. The Hall–Kier alpha value is -1.82. The van der Waals surface area contributed by atoms with E-state index in [-0.39, 0.29) is 11.5 Å². The Morgan fingerprint density at radius 3 is 2.53 bits per heavy atom. The second-order valence-electron chi connectivity index (χ2n) is 3.52. The van der Waals surface area contributed by atoms with Gasteiger partial charge in [-0.25, -0.2) is 13.8 Å². The van der Waals surface area contributed by atoms with E-state index in [1.807, 2.05) is 0 Å². The van der Waals surface area contributed by atoms with Crippen LogP contribution < -0.4 is 5.73 Å². The van der Waals surface area contributed by atoms with Gasteiger partial charge in [-0.3, -0.25) is 0 Å². The van der Waals surface area contributed by atoms with Crippen LogP contribution >= 0.6 is 12.2 Å². The first kappa shape index (κ1) is 11.7. The highest BCUT2D eigenvalue weighted by molar-refractivity contribution is 7.80. The summed E-state index contributed by atoms with van der Waals surface area (Å²) in [4.78, 5) is 4.11. The van der Waals surface area contributed by atoms with E-state index in [0.29, 0.717) is 11.4 Å². The summed E-state index contributed by atoms with van der Waals surface area (Å²) in [7, 11) is 0. The van der Waals surface area contributed by atoms with E-state index in [1.54, 1.807) is 10.8 Å². The summed E-state index contributed by atoms with van der Waals surface area (Å²) < 4.78 is 27.6. The second-order valence-corrected chi connectivity index (χ2v) is 3.96. The molecule has 0 saturated heterocycles. The molecule has 2 N–H and O–H groups in total. The molecule has 0 saturated carbocycles. The van der Waals surface area contributed by atoms with Gasteiger partial charge in [-0.2, -0.15) is 0 Å². The molecule has 0 unspecified atom stereocenters. The lowest BCUT2D eigenvalue weighted by molar-refractivity contribution is 0.577. The van der Waals surface area contributed by atoms with Crippen LogP contribution in [0.4, 0.5) is 8.78 Å². The number of nitrogens with two attached hydrogens (primary N) is 1. The molecule has 88 valence electrons. The number of nitrogens with zero attached hydrogens (tertiary/aromatic N) is 2. The SMILES string of the molecule is NC(=S)c1nccn1Cc1cc(F)cc(F)c1. The van der Waals surface area contributed by atoms with Gasteiger partial charge in [-0.1, -0.05) is 12.2 Å². The average Bonchev–Trinajstić information content (AvgIpc) is 2.63. The highest BCUT2D eigenvalue weighted by Gasteiger charge is 2.07. The van der Waals surface area contributed by atoms with Gasteiger partial charge in [-0.05, 0) is 17.7 Å². The first-order valence-corrected chi connectivity index (χ1v) is 5.23. The maximum atomic E-state index is 13.0. The maximum Gasteiger partial charge on any atom is 0.167 e. The standard InChI is InChI=1S/C11H9F2N3S/c12-8-3-7(4-9(13)5-8)6-16-2-1-15-11(16)10(14)17/h1-5H,6H2,(H2,14,17). The van der Waals surface area contributed by atoms with Crippen molar-refractivity contribution in [1.29, 1.82) is 0 Å². The number of benzene rings is 1. The molecule has 0 radical (unpaired) electrons. The summed E-state index contributed by atoms with van der Waals surface area (Å²) in [5, 5.41) is 0. The van der Waals surface area contributed by atoms with Crippen molar-refractivity contribution in [2.45, 2.75) is 6.54 Å². The van der Waals surface area contributed by atoms with Gasteiger partial charge >= 0.3 is 0 Å². The predicted molar refractivity (Wildman–Crippen MR) is 63.6 cm³/mol. The van der Waals surface area contributed by atoms with Crippen LogP contribution in [0, 0.1) is 11.6 Å². The third-order valence-electron chi connectivity index (χ3n) is 2.21. The number of imidazole rings is 1. The quantitative estimate of drug-likeness (QED) is 0.849. The molecule has 1 aromatic heterocycles. The van der Waals surface area contributed by atoms with E-state index in [1.165, 1.54) is 18.3 Å².